The first-order chi connectivity index (χ1) is 6.74. The maximum absolute atomic E-state index is 5.12. The molecule has 2 nitrogen and oxygen atoms in total. The standard InChI is InChI=1S/C12H23NO/c1-10(11(2)9-14-3)5-4-8-13-12-6-7-12/h5,11-13H,4,6-9H2,1-3H3. The van der Waals surface area contributed by atoms with Crippen LogP contribution in [0.25, 0.3) is 0 Å². The Morgan fingerprint density at radius 3 is 2.86 bits per heavy atom. The Balaban J connectivity index is 2.07. The molecule has 0 aromatic carbocycles. The van der Waals surface area contributed by atoms with E-state index in [9.17, 15) is 0 Å². The van der Waals surface area contributed by atoms with Gasteiger partial charge < -0.3 is 10.1 Å². The second-order valence-electron chi connectivity index (χ2n) is 4.32. The molecule has 0 saturated heterocycles. The number of hydrogen-bond acceptors (Lipinski definition) is 2. The minimum atomic E-state index is 0.556. The molecule has 0 bridgehead atoms. The summed E-state index contributed by atoms with van der Waals surface area (Å²) in [6, 6.07) is 0.833. The van der Waals surface area contributed by atoms with E-state index in [0.717, 1.165) is 25.6 Å². The lowest BCUT2D eigenvalue weighted by molar-refractivity contribution is 0.172. The molecule has 0 heterocycles. The van der Waals surface area contributed by atoms with Crippen molar-refractivity contribution in [3.63, 3.8) is 0 Å². The van der Waals surface area contributed by atoms with Gasteiger partial charge in [-0.05, 0) is 32.7 Å². The Labute approximate surface area is 87.7 Å². The summed E-state index contributed by atoms with van der Waals surface area (Å²) in [5.41, 5.74) is 1.45. The van der Waals surface area contributed by atoms with Crippen molar-refractivity contribution in [2.45, 2.75) is 39.2 Å². The van der Waals surface area contributed by atoms with E-state index < -0.39 is 0 Å². The number of ether oxygens (including phenoxy) is 1. The summed E-state index contributed by atoms with van der Waals surface area (Å²) in [6.07, 6.45) is 6.24. The highest BCUT2D eigenvalue weighted by Crippen LogP contribution is 2.18. The van der Waals surface area contributed by atoms with Crippen LogP contribution in [0, 0.1) is 5.92 Å². The molecule has 2 heteroatoms. The first-order valence-corrected chi connectivity index (χ1v) is 5.63. The highest BCUT2D eigenvalue weighted by atomic mass is 16.5. The fourth-order valence-corrected chi connectivity index (χ4v) is 1.46. The van der Waals surface area contributed by atoms with Crippen LogP contribution in [0.3, 0.4) is 0 Å². The quantitative estimate of drug-likeness (QED) is 0.500. The normalized spacial score (nSPS) is 19.8. The lowest BCUT2D eigenvalue weighted by Gasteiger charge is -2.10. The molecule has 1 aliphatic rings. The minimum absolute atomic E-state index is 0.556. The Bertz CT molecular complexity index is 185. The summed E-state index contributed by atoms with van der Waals surface area (Å²) in [4.78, 5) is 0. The first-order valence-electron chi connectivity index (χ1n) is 5.63. The molecular formula is C12H23NO. The lowest BCUT2D eigenvalue weighted by atomic mass is 10.0. The maximum atomic E-state index is 5.12. The zero-order chi connectivity index (χ0) is 10.4. The third-order valence-electron chi connectivity index (χ3n) is 2.81. The van der Waals surface area contributed by atoms with E-state index in [-0.39, 0.29) is 0 Å². The van der Waals surface area contributed by atoms with E-state index >= 15 is 0 Å². The Morgan fingerprint density at radius 1 is 1.57 bits per heavy atom. The van der Waals surface area contributed by atoms with Gasteiger partial charge in [0.25, 0.3) is 0 Å². The highest BCUT2D eigenvalue weighted by Gasteiger charge is 2.19. The Kier molecular flexibility index (Phi) is 5.20. The molecule has 1 atom stereocenters. The molecule has 0 aromatic rings. The van der Waals surface area contributed by atoms with Crippen LogP contribution in [0.2, 0.25) is 0 Å². The molecule has 14 heavy (non-hydrogen) atoms. The van der Waals surface area contributed by atoms with Gasteiger partial charge in [0.15, 0.2) is 0 Å². The lowest BCUT2D eigenvalue weighted by Crippen LogP contribution is -2.17. The van der Waals surface area contributed by atoms with Gasteiger partial charge in [-0.25, -0.2) is 0 Å². The van der Waals surface area contributed by atoms with Gasteiger partial charge in [-0.3, -0.25) is 0 Å². The van der Waals surface area contributed by atoms with Gasteiger partial charge in [-0.15, -0.1) is 0 Å². The van der Waals surface area contributed by atoms with E-state index in [1.165, 1.54) is 18.4 Å². The summed E-state index contributed by atoms with van der Waals surface area (Å²) in [7, 11) is 1.76. The molecule has 0 aromatic heterocycles. The molecule has 1 rings (SSSR count). The van der Waals surface area contributed by atoms with Crippen LogP contribution in [-0.2, 0) is 4.74 Å². The molecule has 1 fully saturated rings. The van der Waals surface area contributed by atoms with E-state index in [4.69, 9.17) is 4.74 Å². The zero-order valence-electron chi connectivity index (χ0n) is 9.68. The third kappa shape index (κ3) is 4.77. The monoisotopic (exact) mass is 197 g/mol. The van der Waals surface area contributed by atoms with Crippen LogP contribution in [0.1, 0.15) is 33.1 Å². The second-order valence-corrected chi connectivity index (χ2v) is 4.32. The maximum Gasteiger partial charge on any atom is 0.0524 e. The molecule has 1 saturated carbocycles. The summed E-state index contributed by atoms with van der Waals surface area (Å²) in [5.74, 6) is 0.556. The van der Waals surface area contributed by atoms with Gasteiger partial charge in [-0.2, -0.15) is 0 Å². The van der Waals surface area contributed by atoms with Gasteiger partial charge in [0, 0.05) is 19.1 Å². The molecule has 0 aliphatic heterocycles. The third-order valence-corrected chi connectivity index (χ3v) is 2.81. The summed E-state index contributed by atoms with van der Waals surface area (Å²) >= 11 is 0. The fraction of sp³-hybridized carbons (Fsp3) is 0.833. The molecular weight excluding hydrogens is 174 g/mol. The minimum Gasteiger partial charge on any atom is -0.384 e. The van der Waals surface area contributed by atoms with Crippen LogP contribution >= 0.6 is 0 Å². The van der Waals surface area contributed by atoms with Crippen molar-refractivity contribution in [3.05, 3.63) is 11.6 Å². The molecule has 0 radical (unpaired) electrons. The largest absolute Gasteiger partial charge is 0.384 e. The molecule has 1 unspecified atom stereocenters. The van der Waals surface area contributed by atoms with Crippen LogP contribution in [0.15, 0.2) is 11.6 Å². The summed E-state index contributed by atoms with van der Waals surface area (Å²) in [6.45, 7) is 6.37. The Morgan fingerprint density at radius 2 is 2.29 bits per heavy atom. The number of nitrogens with one attached hydrogen (secondary N) is 1. The van der Waals surface area contributed by atoms with Crippen LogP contribution in [-0.4, -0.2) is 26.3 Å². The molecule has 0 amide bonds. The fourth-order valence-electron chi connectivity index (χ4n) is 1.46. The number of hydrogen-bond donors (Lipinski definition) is 1. The van der Waals surface area contributed by atoms with Gasteiger partial charge in [-0.1, -0.05) is 18.6 Å². The van der Waals surface area contributed by atoms with Crippen molar-refractivity contribution in [3.8, 4) is 0 Å². The molecule has 1 N–H and O–H groups in total. The number of methoxy groups -OCH3 is 1. The van der Waals surface area contributed by atoms with Crippen LogP contribution < -0.4 is 5.32 Å². The van der Waals surface area contributed by atoms with Crippen molar-refractivity contribution in [1.29, 1.82) is 0 Å². The molecule has 1 aliphatic carbocycles. The van der Waals surface area contributed by atoms with Gasteiger partial charge in [0.2, 0.25) is 0 Å². The van der Waals surface area contributed by atoms with Gasteiger partial charge in [0.1, 0.15) is 0 Å². The molecule has 0 spiro atoms. The summed E-state index contributed by atoms with van der Waals surface area (Å²) in [5, 5.41) is 3.51. The van der Waals surface area contributed by atoms with E-state index in [2.05, 4.69) is 25.2 Å². The predicted octanol–water partition coefficient (Wildman–Crippen LogP) is 2.36. The van der Waals surface area contributed by atoms with E-state index in [1.807, 2.05) is 0 Å². The van der Waals surface area contributed by atoms with Crippen molar-refractivity contribution in [2.75, 3.05) is 20.3 Å². The predicted molar refractivity (Wildman–Crippen MR) is 60.4 cm³/mol. The van der Waals surface area contributed by atoms with E-state index in [0.29, 0.717) is 5.92 Å². The van der Waals surface area contributed by atoms with Crippen LogP contribution in [0.5, 0.6) is 0 Å². The smallest absolute Gasteiger partial charge is 0.0524 e. The van der Waals surface area contributed by atoms with Gasteiger partial charge in [0.05, 0.1) is 6.61 Å². The zero-order valence-corrected chi connectivity index (χ0v) is 9.68. The molecule has 82 valence electrons. The second kappa shape index (κ2) is 6.20. The SMILES string of the molecule is COCC(C)C(C)=CCCNC1CC1. The van der Waals surface area contributed by atoms with Crippen LogP contribution in [0.4, 0.5) is 0 Å². The van der Waals surface area contributed by atoms with Crippen molar-refractivity contribution in [2.24, 2.45) is 5.92 Å². The highest BCUT2D eigenvalue weighted by molar-refractivity contribution is 5.02. The van der Waals surface area contributed by atoms with Crippen molar-refractivity contribution in [1.82, 2.24) is 5.32 Å². The van der Waals surface area contributed by atoms with Crippen molar-refractivity contribution >= 4 is 0 Å². The summed E-state index contributed by atoms with van der Waals surface area (Å²) < 4.78 is 5.12. The first kappa shape index (κ1) is 11.7. The van der Waals surface area contributed by atoms with Gasteiger partial charge >= 0.3 is 0 Å². The topological polar surface area (TPSA) is 21.3 Å². The average molecular weight is 197 g/mol. The number of rotatable bonds is 7. The Hall–Kier alpha value is -0.340. The average Bonchev–Trinajstić information content (AvgIpc) is 2.96. The van der Waals surface area contributed by atoms with Crippen molar-refractivity contribution < 1.29 is 4.74 Å². The van der Waals surface area contributed by atoms with E-state index in [1.54, 1.807) is 7.11 Å².